The van der Waals surface area contributed by atoms with Gasteiger partial charge in [-0.1, -0.05) is 227 Å². The Labute approximate surface area is 414 Å². The van der Waals surface area contributed by atoms with Crippen LogP contribution in [0.25, 0.3) is 0 Å². The zero-order valence-electron chi connectivity index (χ0n) is 42.7. The number of nitrogens with zero attached hydrogens (tertiary/aromatic N) is 1. The van der Waals surface area contributed by atoms with Gasteiger partial charge in [0.15, 0.2) is 5.79 Å². The molecular weight excluding hydrogens is 989 g/mol. The molecule has 6 heteroatoms. The molecule has 0 saturated carbocycles. The summed E-state index contributed by atoms with van der Waals surface area (Å²) in [5.74, 6) is -0.292. The maximum Gasteiger partial charge on any atom is 2.00 e. The van der Waals surface area contributed by atoms with Gasteiger partial charge in [-0.25, -0.2) is 0 Å². The first kappa shape index (κ1) is 62.9. The van der Waals surface area contributed by atoms with E-state index in [1.807, 2.05) is 0 Å². The van der Waals surface area contributed by atoms with E-state index in [0.717, 1.165) is 64.5 Å². The quantitative estimate of drug-likeness (QED) is 0.0486. The Kier molecular flexibility index (Phi) is 49.0. The van der Waals surface area contributed by atoms with E-state index in [1.54, 1.807) is 0 Å². The summed E-state index contributed by atoms with van der Waals surface area (Å²) in [6.45, 7) is 18.3. The van der Waals surface area contributed by atoms with Gasteiger partial charge in [0.05, 0.1) is 12.7 Å². The largest absolute Gasteiger partial charge is 2.00 e. The summed E-state index contributed by atoms with van der Waals surface area (Å²) in [5.41, 5.74) is 0. The van der Waals surface area contributed by atoms with Gasteiger partial charge in [0.1, 0.15) is 0 Å². The van der Waals surface area contributed by atoms with Crippen LogP contribution in [0, 0.1) is 44.1 Å². The molecule has 3 unspecified atom stereocenters. The monoisotopic (exact) mass is 1100 g/mol. The normalized spacial score (nSPS) is 17.1. The molecule has 0 bridgehead atoms. The van der Waals surface area contributed by atoms with E-state index < -0.39 is 0 Å². The molecule has 62 heavy (non-hydrogen) atoms. The van der Waals surface area contributed by atoms with Crippen molar-refractivity contribution in [2.45, 2.75) is 315 Å². The Morgan fingerprint density at radius 3 is 1.42 bits per heavy atom. The van der Waals surface area contributed by atoms with E-state index >= 15 is 0 Å². The van der Waals surface area contributed by atoms with Crippen LogP contribution >= 0.6 is 0 Å². The van der Waals surface area contributed by atoms with E-state index in [2.05, 4.69) is 39.5 Å². The van der Waals surface area contributed by atoms with Crippen molar-refractivity contribution in [2.24, 2.45) is 0 Å². The number of unbranched alkanes of at least 4 members (excludes halogenated alkanes) is 29. The minimum atomic E-state index is -0.292. The third-order valence-electron chi connectivity index (χ3n) is 13.6. The van der Waals surface area contributed by atoms with E-state index in [4.69, 9.17) is 14.2 Å². The van der Waals surface area contributed by atoms with Gasteiger partial charge in [0.2, 0.25) is 0 Å². The van der Waals surface area contributed by atoms with Crippen molar-refractivity contribution in [1.82, 2.24) is 4.90 Å². The van der Waals surface area contributed by atoms with E-state index in [1.165, 1.54) is 238 Å². The van der Waals surface area contributed by atoms with E-state index in [-0.39, 0.29) is 43.0 Å². The van der Waals surface area contributed by atoms with Gasteiger partial charge < -0.3 is 31.1 Å². The van der Waals surface area contributed by atoms with Crippen molar-refractivity contribution in [2.75, 3.05) is 32.8 Å². The molecule has 1 rings (SSSR count). The van der Waals surface area contributed by atoms with Crippen LogP contribution < -0.4 is 0 Å². The Bertz CT molecular complexity index is 864. The van der Waals surface area contributed by atoms with E-state index in [0.29, 0.717) is 12.7 Å². The van der Waals surface area contributed by atoms with Crippen molar-refractivity contribution in [1.29, 1.82) is 0 Å². The smallest absolute Gasteiger partial charge is 0.572 e. The first-order valence-electron chi connectivity index (χ1n) is 28.0. The number of rotatable bonds is 50. The maximum absolute atomic E-state index is 9.39. The van der Waals surface area contributed by atoms with Gasteiger partial charge >= 0.3 is 31.1 Å². The average molecular weight is 1100 g/mol. The standard InChI is InChI=1S/C56H111NO4.U/c1-6-10-14-18-20-27-34-44-54(43-33-16-12-8-3)60-53(5)42-32-26-21-24-30-38-48-57(50-40-41-51-58)49-39-31-25-22-28-35-45-55-52-59-56(61-55,46-36-17-13-9-4)47-37-29-23-19-15-11-7-2;/h53,55,58H,5-52H2,1-4H3;/q-2;+2. The summed E-state index contributed by atoms with van der Waals surface area (Å²) in [6, 6.07) is 0. The summed E-state index contributed by atoms with van der Waals surface area (Å²) < 4.78 is 19.8. The molecule has 1 fully saturated rings. The number of ether oxygens (including phenoxy) is 3. The van der Waals surface area contributed by atoms with Crippen molar-refractivity contribution >= 4 is 0 Å². The van der Waals surface area contributed by atoms with Crippen molar-refractivity contribution in [3.63, 3.8) is 0 Å². The number of hydrogen-bond acceptors (Lipinski definition) is 5. The topological polar surface area (TPSA) is 51.2 Å². The van der Waals surface area contributed by atoms with Crippen LogP contribution in [0.5, 0.6) is 0 Å². The minimum Gasteiger partial charge on any atom is -0.572 e. The fraction of sp³-hybridized carbons (Fsp3) is 0.964. The second-order valence-corrected chi connectivity index (χ2v) is 19.7. The predicted octanol–water partition coefficient (Wildman–Crippen LogP) is 17.6. The SMILES string of the molecule is [CH2-]C(CCCCCCCCN(CCCCO)CCCCCCCCC1COC(CCCCCC)(CCCCCCCCC)O1)O[C-](CCCCCC)CCCCCCCCC.[U+2]. The molecule has 1 N–H and O–H groups in total. The predicted molar refractivity (Wildman–Crippen MR) is 267 cm³/mol. The first-order chi connectivity index (χ1) is 30.0. The second-order valence-electron chi connectivity index (χ2n) is 19.7. The van der Waals surface area contributed by atoms with Crippen molar-refractivity contribution in [3.8, 4) is 0 Å². The Balaban J connectivity index is 0.0000372. The summed E-state index contributed by atoms with van der Waals surface area (Å²) in [7, 11) is 0. The second kappa shape index (κ2) is 48.3. The molecule has 1 heterocycles. The molecule has 0 aromatic rings. The Morgan fingerprint density at radius 1 is 0.532 bits per heavy atom. The van der Waals surface area contributed by atoms with Crippen molar-refractivity contribution in [3.05, 3.63) is 13.0 Å². The number of hydrogen-bond donors (Lipinski definition) is 1. The molecule has 0 aromatic heterocycles. The van der Waals surface area contributed by atoms with Crippen LogP contribution in [-0.2, 0) is 14.2 Å². The number of aliphatic hydroxyl groups excluding tert-OH is 1. The molecule has 0 spiro atoms. The molecule has 0 aliphatic carbocycles. The van der Waals surface area contributed by atoms with Gasteiger partial charge in [0, 0.05) is 19.4 Å². The van der Waals surface area contributed by atoms with Crippen molar-refractivity contribution < 1.29 is 50.4 Å². The third kappa shape index (κ3) is 38.9. The van der Waals surface area contributed by atoms with Crippen LogP contribution in [0.4, 0.5) is 0 Å². The average Bonchev–Trinajstić information content (AvgIpc) is 3.67. The van der Waals surface area contributed by atoms with Crippen LogP contribution in [0.2, 0.25) is 0 Å². The maximum atomic E-state index is 9.39. The Morgan fingerprint density at radius 2 is 0.919 bits per heavy atom. The zero-order valence-corrected chi connectivity index (χ0v) is 46.9. The summed E-state index contributed by atoms with van der Waals surface area (Å²) in [6.07, 6.45) is 55.7. The minimum absolute atomic E-state index is 0. The van der Waals surface area contributed by atoms with Crippen LogP contribution in [0.3, 0.4) is 0 Å². The van der Waals surface area contributed by atoms with Crippen LogP contribution in [0.15, 0.2) is 0 Å². The molecule has 1 aliphatic heterocycles. The van der Waals surface area contributed by atoms with Gasteiger partial charge in [-0.2, -0.15) is 18.9 Å². The molecule has 0 amide bonds. The Hall–Kier alpha value is 0.852. The molecule has 3 atom stereocenters. The van der Waals surface area contributed by atoms with Crippen LogP contribution in [0.1, 0.15) is 297 Å². The molecule has 5 nitrogen and oxygen atoms in total. The van der Waals surface area contributed by atoms with Crippen LogP contribution in [-0.4, -0.2) is 60.8 Å². The fourth-order valence-corrected chi connectivity index (χ4v) is 9.50. The third-order valence-corrected chi connectivity index (χ3v) is 13.6. The summed E-state index contributed by atoms with van der Waals surface area (Å²) in [5, 5.41) is 9.39. The summed E-state index contributed by atoms with van der Waals surface area (Å²) >= 11 is 0. The van der Waals surface area contributed by atoms with Gasteiger partial charge in [0.25, 0.3) is 0 Å². The molecular formula is C56H111NO4U. The van der Waals surface area contributed by atoms with Gasteiger partial charge in [-0.15, -0.1) is 6.10 Å². The van der Waals surface area contributed by atoms with E-state index in [9.17, 15) is 5.11 Å². The number of aliphatic hydroxyl groups is 1. The molecule has 1 aliphatic rings. The fourth-order valence-electron chi connectivity index (χ4n) is 9.50. The molecule has 1 saturated heterocycles. The molecule has 0 radical (unpaired) electrons. The van der Waals surface area contributed by atoms with Gasteiger partial charge in [-0.3, -0.25) is 0 Å². The first-order valence-corrected chi connectivity index (χ1v) is 28.0. The molecule has 0 aromatic carbocycles. The van der Waals surface area contributed by atoms with Gasteiger partial charge in [-0.05, 0) is 64.6 Å². The zero-order chi connectivity index (χ0) is 44.2. The summed E-state index contributed by atoms with van der Waals surface area (Å²) in [4.78, 5) is 2.70. The molecule has 368 valence electrons.